The van der Waals surface area contributed by atoms with Crippen molar-refractivity contribution in [2.24, 2.45) is 7.05 Å². The van der Waals surface area contributed by atoms with Gasteiger partial charge in [-0.25, -0.2) is 18.3 Å². The second-order valence-electron chi connectivity index (χ2n) is 9.91. The molecule has 1 aliphatic heterocycles. The first-order valence-electron chi connectivity index (χ1n) is 13.3. The number of aryl methyl sites for hydroxylation is 1. The number of ether oxygens (including phenoxy) is 1. The Hall–Kier alpha value is -4.09. The fraction of sp³-hybridized carbons (Fsp3) is 0.345. The molecule has 1 fully saturated rings. The lowest BCUT2D eigenvalue weighted by Crippen LogP contribution is -2.42. The highest BCUT2D eigenvalue weighted by atomic mass is 19.1. The van der Waals surface area contributed by atoms with Gasteiger partial charge < -0.3 is 10.1 Å². The number of aromatic nitrogens is 4. The van der Waals surface area contributed by atoms with Gasteiger partial charge in [0, 0.05) is 62.6 Å². The molecule has 210 valence electrons. The van der Waals surface area contributed by atoms with E-state index < -0.39 is 23.7 Å². The molecule has 1 aliphatic rings. The van der Waals surface area contributed by atoms with E-state index in [0.717, 1.165) is 22.9 Å². The second kappa shape index (κ2) is 12.0. The molecule has 0 saturated carbocycles. The van der Waals surface area contributed by atoms with Gasteiger partial charge >= 0.3 is 6.03 Å². The number of nitrogens with zero attached hydrogens (tertiary/aromatic N) is 5. The standard InChI is InChI=1S/C29H33F2N7O2/c1-4-40-13-12-37-17-24(23-11-10-21(30)14-25(23)31)26(18-37)33-29(39)34-28-19(2)27(20-15-32-36(3)16-20)35-38(28)22-8-6-5-7-9-22/h5-11,14-16,24,26H,4,12-13,17-18H2,1-3H3,(H2,33,34,39)/t24-,26+/m0/s1. The maximum atomic E-state index is 14.8. The van der Waals surface area contributed by atoms with Gasteiger partial charge in [0.2, 0.25) is 0 Å². The van der Waals surface area contributed by atoms with Crippen molar-refractivity contribution in [2.45, 2.75) is 25.8 Å². The number of likely N-dealkylation sites (tertiary alicyclic amines) is 1. The van der Waals surface area contributed by atoms with Gasteiger partial charge in [-0.05, 0) is 37.6 Å². The molecule has 0 unspecified atom stereocenters. The van der Waals surface area contributed by atoms with E-state index in [-0.39, 0.29) is 5.92 Å². The maximum Gasteiger partial charge on any atom is 0.320 e. The normalized spacial score (nSPS) is 17.3. The Morgan fingerprint density at radius 2 is 1.95 bits per heavy atom. The topological polar surface area (TPSA) is 89.2 Å². The van der Waals surface area contributed by atoms with E-state index in [1.54, 1.807) is 15.6 Å². The molecule has 2 aromatic heterocycles. The molecule has 0 spiro atoms. The molecular weight excluding hydrogens is 516 g/mol. The van der Waals surface area contributed by atoms with Crippen molar-refractivity contribution < 1.29 is 18.3 Å². The molecule has 4 aromatic rings. The minimum absolute atomic E-state index is 0.362. The van der Waals surface area contributed by atoms with Gasteiger partial charge in [0.25, 0.3) is 0 Å². The lowest BCUT2D eigenvalue weighted by Gasteiger charge is -2.21. The van der Waals surface area contributed by atoms with Crippen LogP contribution in [-0.4, -0.2) is 69.4 Å². The predicted octanol–water partition coefficient (Wildman–Crippen LogP) is 4.49. The molecule has 0 bridgehead atoms. The third-order valence-electron chi connectivity index (χ3n) is 7.16. The number of anilines is 1. The third-order valence-corrected chi connectivity index (χ3v) is 7.16. The first-order chi connectivity index (χ1) is 19.3. The molecule has 2 amide bonds. The first kappa shape index (κ1) is 27.5. The van der Waals surface area contributed by atoms with Crippen LogP contribution in [-0.2, 0) is 11.8 Å². The number of hydrogen-bond acceptors (Lipinski definition) is 5. The summed E-state index contributed by atoms with van der Waals surface area (Å²) < 4.78 is 37.4. The van der Waals surface area contributed by atoms with Gasteiger partial charge in [0.1, 0.15) is 23.1 Å². The molecule has 9 nitrogen and oxygen atoms in total. The lowest BCUT2D eigenvalue weighted by atomic mass is 9.94. The minimum Gasteiger partial charge on any atom is -0.380 e. The summed E-state index contributed by atoms with van der Waals surface area (Å²) in [5, 5.41) is 15.1. The van der Waals surface area contributed by atoms with E-state index in [1.807, 2.05) is 57.4 Å². The number of carbonyl (C=O) groups excluding carboxylic acids is 1. The van der Waals surface area contributed by atoms with Crippen molar-refractivity contribution in [3.8, 4) is 16.9 Å². The molecule has 2 aromatic carbocycles. The summed E-state index contributed by atoms with van der Waals surface area (Å²) in [7, 11) is 1.83. The van der Waals surface area contributed by atoms with Crippen molar-refractivity contribution in [3.05, 3.63) is 83.7 Å². The summed E-state index contributed by atoms with van der Waals surface area (Å²) in [5.74, 6) is -1.11. The van der Waals surface area contributed by atoms with Crippen molar-refractivity contribution in [1.82, 2.24) is 29.8 Å². The van der Waals surface area contributed by atoms with E-state index >= 15 is 0 Å². The SMILES string of the molecule is CCOCCN1C[C@@H](NC(=O)Nc2c(C)c(-c3cnn(C)c3)nn2-c2ccccc2)[C@H](c2ccc(F)cc2F)C1. The number of para-hydroxylation sites is 1. The highest BCUT2D eigenvalue weighted by molar-refractivity contribution is 5.91. The van der Waals surface area contributed by atoms with Crippen LogP contribution in [0.5, 0.6) is 0 Å². The van der Waals surface area contributed by atoms with E-state index in [9.17, 15) is 13.6 Å². The molecule has 0 aliphatic carbocycles. The molecule has 0 radical (unpaired) electrons. The summed E-state index contributed by atoms with van der Waals surface area (Å²) in [6.07, 6.45) is 3.59. The molecule has 40 heavy (non-hydrogen) atoms. The Morgan fingerprint density at radius 1 is 1.15 bits per heavy atom. The zero-order valence-corrected chi connectivity index (χ0v) is 22.8. The Balaban J connectivity index is 1.41. The van der Waals surface area contributed by atoms with E-state index in [4.69, 9.17) is 9.84 Å². The number of amides is 2. The third kappa shape index (κ3) is 5.90. The molecular formula is C29H33F2N7O2. The fourth-order valence-electron chi connectivity index (χ4n) is 5.20. The van der Waals surface area contributed by atoms with Gasteiger partial charge in [-0.2, -0.15) is 10.2 Å². The van der Waals surface area contributed by atoms with Crippen molar-refractivity contribution in [2.75, 3.05) is 38.2 Å². The van der Waals surface area contributed by atoms with Crippen LogP contribution >= 0.6 is 0 Å². The number of halogens is 2. The summed E-state index contributed by atoms with van der Waals surface area (Å²) in [6, 6.07) is 12.3. The largest absolute Gasteiger partial charge is 0.380 e. The first-order valence-corrected chi connectivity index (χ1v) is 13.3. The zero-order chi connectivity index (χ0) is 28.2. The van der Waals surface area contributed by atoms with Gasteiger partial charge in [-0.15, -0.1) is 0 Å². The van der Waals surface area contributed by atoms with Gasteiger partial charge in [0.05, 0.1) is 24.5 Å². The second-order valence-corrected chi connectivity index (χ2v) is 9.91. The summed E-state index contributed by atoms with van der Waals surface area (Å²) in [4.78, 5) is 15.6. The minimum atomic E-state index is -0.635. The summed E-state index contributed by atoms with van der Waals surface area (Å²) >= 11 is 0. The number of rotatable bonds is 9. The number of nitrogens with one attached hydrogen (secondary N) is 2. The Labute approximate surface area is 231 Å². The van der Waals surface area contributed by atoms with Crippen LogP contribution in [0, 0.1) is 18.6 Å². The van der Waals surface area contributed by atoms with Gasteiger partial charge in [0.15, 0.2) is 0 Å². The molecule has 11 heteroatoms. The van der Waals surface area contributed by atoms with Gasteiger partial charge in [-0.1, -0.05) is 24.3 Å². The summed E-state index contributed by atoms with van der Waals surface area (Å²) in [5.41, 5.74) is 3.45. The van der Waals surface area contributed by atoms with Crippen LogP contribution in [0.15, 0.2) is 60.9 Å². The Bertz CT molecular complexity index is 1470. The molecule has 1 saturated heterocycles. The molecule has 3 heterocycles. The van der Waals surface area contributed by atoms with Crippen LogP contribution in [0.3, 0.4) is 0 Å². The molecule has 2 atom stereocenters. The Kier molecular flexibility index (Phi) is 8.22. The smallest absolute Gasteiger partial charge is 0.320 e. The Morgan fingerprint density at radius 3 is 2.65 bits per heavy atom. The fourth-order valence-corrected chi connectivity index (χ4v) is 5.20. The highest BCUT2D eigenvalue weighted by Crippen LogP contribution is 2.32. The average molecular weight is 550 g/mol. The van der Waals surface area contributed by atoms with Crippen LogP contribution < -0.4 is 10.6 Å². The molecule has 2 N–H and O–H groups in total. The molecule has 5 rings (SSSR count). The van der Waals surface area contributed by atoms with Crippen LogP contribution in [0.4, 0.5) is 19.4 Å². The van der Waals surface area contributed by atoms with Gasteiger partial charge in [-0.3, -0.25) is 14.9 Å². The van der Waals surface area contributed by atoms with E-state index in [2.05, 4.69) is 20.6 Å². The number of carbonyl (C=O) groups is 1. The van der Waals surface area contributed by atoms with Crippen LogP contribution in [0.2, 0.25) is 0 Å². The van der Waals surface area contributed by atoms with E-state index in [1.165, 1.54) is 12.1 Å². The average Bonchev–Trinajstić information content (AvgIpc) is 3.62. The lowest BCUT2D eigenvalue weighted by molar-refractivity contribution is 0.121. The van der Waals surface area contributed by atoms with Crippen molar-refractivity contribution in [1.29, 1.82) is 0 Å². The van der Waals surface area contributed by atoms with E-state index in [0.29, 0.717) is 49.9 Å². The number of urea groups is 1. The van der Waals surface area contributed by atoms with Crippen molar-refractivity contribution in [3.63, 3.8) is 0 Å². The predicted molar refractivity (Wildman–Crippen MR) is 148 cm³/mol. The number of hydrogen-bond donors (Lipinski definition) is 2. The summed E-state index contributed by atoms with van der Waals surface area (Å²) in [6.45, 7) is 6.60. The van der Waals surface area contributed by atoms with Crippen molar-refractivity contribution >= 4 is 11.8 Å². The monoisotopic (exact) mass is 549 g/mol. The quantitative estimate of drug-likeness (QED) is 0.301. The zero-order valence-electron chi connectivity index (χ0n) is 22.8. The number of benzene rings is 2. The van der Waals surface area contributed by atoms with Crippen LogP contribution in [0.1, 0.15) is 24.0 Å². The van der Waals surface area contributed by atoms with Crippen LogP contribution in [0.25, 0.3) is 16.9 Å². The maximum absolute atomic E-state index is 14.8. The highest BCUT2D eigenvalue weighted by Gasteiger charge is 2.36.